The Bertz CT molecular complexity index is 1880. The first kappa shape index (κ1) is 30.5. The lowest BCUT2D eigenvalue weighted by Crippen LogP contribution is -2.51. The molecule has 4 bridgehead atoms. The van der Waals surface area contributed by atoms with Crippen LogP contribution in [-0.4, -0.2) is 37.3 Å². The lowest BCUT2D eigenvalue weighted by Gasteiger charge is -2.55. The van der Waals surface area contributed by atoms with Crippen LogP contribution in [0.4, 0.5) is 0 Å². The van der Waals surface area contributed by atoms with E-state index in [1.807, 2.05) is 18.2 Å². The van der Waals surface area contributed by atoms with Gasteiger partial charge in [0, 0.05) is 0 Å². The van der Waals surface area contributed by atoms with Crippen LogP contribution in [0.5, 0.6) is 17.2 Å². The third-order valence-corrected chi connectivity index (χ3v) is 11.1. The van der Waals surface area contributed by atoms with E-state index < -0.39 is 12.0 Å². The van der Waals surface area contributed by atoms with Crippen molar-refractivity contribution in [2.75, 3.05) is 20.8 Å². The van der Waals surface area contributed by atoms with Crippen molar-refractivity contribution in [3.05, 3.63) is 84.5 Å². The molecule has 9 nitrogen and oxygen atoms in total. The van der Waals surface area contributed by atoms with E-state index in [1.165, 1.54) is 30.6 Å². The Morgan fingerprint density at radius 2 is 1.65 bits per heavy atom. The van der Waals surface area contributed by atoms with Gasteiger partial charge in [-0.2, -0.15) is 0 Å². The van der Waals surface area contributed by atoms with Gasteiger partial charge in [0.2, 0.25) is 0 Å². The van der Waals surface area contributed by atoms with E-state index in [4.69, 9.17) is 18.9 Å². The zero-order valence-electron chi connectivity index (χ0n) is 26.5. The lowest BCUT2D eigenvalue weighted by molar-refractivity contribution is -0.161. The van der Waals surface area contributed by atoms with Gasteiger partial charge in [0.25, 0.3) is 5.56 Å². The van der Waals surface area contributed by atoms with Gasteiger partial charge < -0.3 is 18.9 Å². The minimum Gasteiger partial charge on any atom is -0.497 e. The Morgan fingerprint density at radius 1 is 0.978 bits per heavy atom. The van der Waals surface area contributed by atoms with Gasteiger partial charge in [-0.3, -0.25) is 14.2 Å². The summed E-state index contributed by atoms with van der Waals surface area (Å²) in [6.45, 7) is 3.70. The average molecular weight is 643 g/mol. The number of thiazole rings is 1. The molecule has 46 heavy (non-hydrogen) atoms. The number of carbonyl (C=O) groups is 2. The molecule has 5 aliphatic rings. The normalized spacial score (nSPS) is 26.4. The molecule has 1 aromatic heterocycles. The molecule has 10 heteroatoms. The molecular formula is C36H38N2O7S. The van der Waals surface area contributed by atoms with Crippen LogP contribution in [0, 0.1) is 23.2 Å². The summed E-state index contributed by atoms with van der Waals surface area (Å²) in [5.74, 6) is 2.73. The molecular weight excluding hydrogens is 604 g/mol. The van der Waals surface area contributed by atoms with E-state index in [1.54, 1.807) is 63.0 Å². The van der Waals surface area contributed by atoms with Crippen LogP contribution in [0.2, 0.25) is 0 Å². The fourth-order valence-electron chi connectivity index (χ4n) is 8.47. The number of rotatable bonds is 8. The number of hydrogen-bond donors (Lipinski definition) is 0. The van der Waals surface area contributed by atoms with Crippen molar-refractivity contribution in [1.29, 1.82) is 0 Å². The Balaban J connectivity index is 1.22. The number of carbonyl (C=O) groups excluding carboxylic acids is 2. The monoisotopic (exact) mass is 642 g/mol. The van der Waals surface area contributed by atoms with Crippen LogP contribution in [-0.2, 0) is 14.3 Å². The second kappa shape index (κ2) is 11.9. The van der Waals surface area contributed by atoms with Crippen molar-refractivity contribution in [3.63, 3.8) is 0 Å². The summed E-state index contributed by atoms with van der Waals surface area (Å²) in [5.41, 5.74) is 1.59. The first-order valence-electron chi connectivity index (χ1n) is 16.0. The number of benzene rings is 2. The molecule has 4 aliphatic carbocycles. The topological polar surface area (TPSA) is 105 Å². The maximum absolute atomic E-state index is 14.0. The van der Waals surface area contributed by atoms with Crippen LogP contribution >= 0.6 is 11.3 Å². The predicted molar refractivity (Wildman–Crippen MR) is 173 cm³/mol. The Labute approximate surface area is 271 Å². The highest BCUT2D eigenvalue weighted by molar-refractivity contribution is 7.07. The Kier molecular flexibility index (Phi) is 7.87. The fraction of sp³-hybridized carbons (Fsp3) is 0.444. The van der Waals surface area contributed by atoms with Gasteiger partial charge in [0.05, 0.1) is 48.1 Å². The molecule has 8 rings (SSSR count). The van der Waals surface area contributed by atoms with Crippen LogP contribution in [0.3, 0.4) is 0 Å². The first-order valence-corrected chi connectivity index (χ1v) is 16.8. The minimum absolute atomic E-state index is 0.141. The molecule has 0 spiro atoms. The molecule has 240 valence electrons. The molecule has 0 unspecified atom stereocenters. The summed E-state index contributed by atoms with van der Waals surface area (Å²) < 4.78 is 24.4. The van der Waals surface area contributed by atoms with Gasteiger partial charge >= 0.3 is 11.9 Å². The standard InChI is InChI=1S/C36H38N2O7S/c1-5-44-33(40)30-20(2)37-35-38(31(30)25-7-9-26(42-3)10-8-25)32(39)29(46-35)16-21-6-11-27(28(15-21)43-4)45-34(41)36-17-22-12-23(18-36)14-24(13-22)19-36/h6-11,15-16,22-24,31H,5,12-14,17-19H2,1-4H3/b29-16-/t22?,23?,24?,31-,36?/m1/s1. The quantitative estimate of drug-likeness (QED) is 0.253. The van der Waals surface area contributed by atoms with Gasteiger partial charge in [-0.25, -0.2) is 9.79 Å². The molecule has 2 heterocycles. The maximum atomic E-state index is 14.0. The zero-order valence-corrected chi connectivity index (χ0v) is 27.4. The number of nitrogens with zero attached hydrogens (tertiary/aromatic N) is 2. The molecule has 4 fully saturated rings. The molecule has 4 saturated carbocycles. The third-order valence-electron chi connectivity index (χ3n) is 10.1. The predicted octanol–water partition coefficient (Wildman–Crippen LogP) is 4.94. The molecule has 0 saturated heterocycles. The van der Waals surface area contributed by atoms with Gasteiger partial charge in [-0.05, 0) is 112 Å². The van der Waals surface area contributed by atoms with Crippen molar-refractivity contribution < 1.29 is 28.5 Å². The third kappa shape index (κ3) is 5.26. The number of aromatic nitrogens is 1. The van der Waals surface area contributed by atoms with E-state index in [0.29, 0.717) is 61.2 Å². The summed E-state index contributed by atoms with van der Waals surface area (Å²) in [5, 5.41) is 0. The largest absolute Gasteiger partial charge is 0.497 e. The minimum atomic E-state index is -0.718. The van der Waals surface area contributed by atoms with Crippen molar-refractivity contribution in [2.45, 2.75) is 58.4 Å². The summed E-state index contributed by atoms with van der Waals surface area (Å²) in [6, 6.07) is 11.9. The fourth-order valence-corrected chi connectivity index (χ4v) is 9.52. The van der Waals surface area contributed by atoms with E-state index in [0.717, 1.165) is 24.8 Å². The zero-order chi connectivity index (χ0) is 32.2. The Morgan fingerprint density at radius 3 is 2.26 bits per heavy atom. The molecule has 0 radical (unpaired) electrons. The maximum Gasteiger partial charge on any atom is 0.338 e. The van der Waals surface area contributed by atoms with Crippen molar-refractivity contribution in [3.8, 4) is 17.2 Å². The van der Waals surface area contributed by atoms with Crippen LogP contribution in [0.15, 0.2) is 63.5 Å². The SMILES string of the molecule is CCOC(=O)C1=C(C)N=c2s/c(=C\c3ccc(OC(=O)C45CC6CC(CC(C6)C4)C5)c(OC)c3)c(=O)n2[C@@H]1c1ccc(OC)cc1. The van der Waals surface area contributed by atoms with Crippen molar-refractivity contribution in [1.82, 2.24) is 4.57 Å². The van der Waals surface area contributed by atoms with E-state index in [9.17, 15) is 14.4 Å². The highest BCUT2D eigenvalue weighted by Gasteiger charge is 2.55. The van der Waals surface area contributed by atoms with Gasteiger partial charge in [-0.1, -0.05) is 29.5 Å². The number of ether oxygens (including phenoxy) is 4. The van der Waals surface area contributed by atoms with Gasteiger partial charge in [0.15, 0.2) is 16.3 Å². The summed E-state index contributed by atoms with van der Waals surface area (Å²) >= 11 is 1.25. The number of allylic oxidation sites excluding steroid dienone is 1. The van der Waals surface area contributed by atoms with E-state index >= 15 is 0 Å². The molecule has 1 atom stereocenters. The van der Waals surface area contributed by atoms with Crippen molar-refractivity contribution in [2.24, 2.45) is 28.2 Å². The number of hydrogen-bond acceptors (Lipinski definition) is 9. The second-order valence-electron chi connectivity index (χ2n) is 13.1. The number of esters is 2. The van der Waals surface area contributed by atoms with Crippen LogP contribution in [0.1, 0.15) is 69.5 Å². The molecule has 2 aromatic carbocycles. The summed E-state index contributed by atoms with van der Waals surface area (Å²) in [6.07, 6.45) is 8.29. The number of methoxy groups -OCH3 is 2. The van der Waals surface area contributed by atoms with Gasteiger partial charge in [-0.15, -0.1) is 0 Å². The van der Waals surface area contributed by atoms with E-state index in [-0.39, 0.29) is 23.6 Å². The smallest absolute Gasteiger partial charge is 0.338 e. The summed E-state index contributed by atoms with van der Waals surface area (Å²) in [7, 11) is 3.13. The summed E-state index contributed by atoms with van der Waals surface area (Å²) in [4.78, 5) is 45.9. The van der Waals surface area contributed by atoms with Crippen molar-refractivity contribution >= 4 is 29.4 Å². The average Bonchev–Trinajstić information content (AvgIpc) is 3.34. The Hall–Kier alpha value is -4.18. The van der Waals surface area contributed by atoms with E-state index in [2.05, 4.69) is 4.99 Å². The molecule has 0 amide bonds. The molecule has 3 aromatic rings. The van der Waals surface area contributed by atoms with Crippen LogP contribution < -0.4 is 29.1 Å². The highest BCUT2D eigenvalue weighted by Crippen LogP contribution is 2.60. The van der Waals surface area contributed by atoms with Gasteiger partial charge in [0.1, 0.15) is 5.75 Å². The highest BCUT2D eigenvalue weighted by atomic mass is 32.1. The molecule has 1 aliphatic heterocycles. The number of fused-ring (bicyclic) bond motifs is 1. The molecule has 0 N–H and O–H groups in total. The lowest BCUT2D eigenvalue weighted by atomic mass is 9.49. The van der Waals surface area contributed by atoms with Crippen LogP contribution in [0.25, 0.3) is 6.08 Å². The second-order valence-corrected chi connectivity index (χ2v) is 14.1. The first-order chi connectivity index (χ1) is 22.2.